The Hall–Kier alpha value is -1.16. The third-order valence-corrected chi connectivity index (χ3v) is 2.03. The molecule has 1 rings (SSSR count). The molecule has 1 aromatic rings. The van der Waals surface area contributed by atoms with Crippen LogP contribution in [0.25, 0.3) is 0 Å². The van der Waals surface area contributed by atoms with Crippen molar-refractivity contribution in [3.63, 3.8) is 0 Å². The Morgan fingerprint density at radius 2 is 2.14 bits per heavy atom. The van der Waals surface area contributed by atoms with E-state index in [1.807, 2.05) is 0 Å². The van der Waals surface area contributed by atoms with Crippen LogP contribution in [0.15, 0.2) is 12.4 Å². The van der Waals surface area contributed by atoms with Gasteiger partial charge in [0, 0.05) is 13.1 Å². The fourth-order valence-corrected chi connectivity index (χ4v) is 1.33. The van der Waals surface area contributed by atoms with E-state index >= 15 is 0 Å². The summed E-state index contributed by atoms with van der Waals surface area (Å²) < 4.78 is 0. The zero-order valence-electron chi connectivity index (χ0n) is 8.77. The molecule has 78 valence electrons. The van der Waals surface area contributed by atoms with E-state index < -0.39 is 0 Å². The van der Waals surface area contributed by atoms with Gasteiger partial charge in [0.05, 0.1) is 24.7 Å². The highest BCUT2D eigenvalue weighted by molar-refractivity contribution is 5.35. The van der Waals surface area contributed by atoms with Gasteiger partial charge >= 0.3 is 0 Å². The number of hydrogen-bond donors (Lipinski definition) is 1. The third kappa shape index (κ3) is 2.67. The minimum atomic E-state index is -0.0511. The molecule has 1 aromatic heterocycles. The van der Waals surface area contributed by atoms with E-state index in [1.54, 1.807) is 12.4 Å². The maximum Gasteiger partial charge on any atom is 0.147 e. The van der Waals surface area contributed by atoms with E-state index in [4.69, 9.17) is 5.11 Å². The van der Waals surface area contributed by atoms with Gasteiger partial charge in [-0.2, -0.15) is 0 Å². The molecule has 1 heterocycles. The van der Waals surface area contributed by atoms with E-state index in [0.29, 0.717) is 5.69 Å². The van der Waals surface area contributed by atoms with Gasteiger partial charge in [-0.3, -0.25) is 4.98 Å². The summed E-state index contributed by atoms with van der Waals surface area (Å²) >= 11 is 0. The van der Waals surface area contributed by atoms with Crippen LogP contribution in [-0.2, 0) is 6.61 Å². The Balaban J connectivity index is 2.80. The second kappa shape index (κ2) is 5.54. The van der Waals surface area contributed by atoms with Crippen molar-refractivity contribution in [1.29, 1.82) is 0 Å². The quantitative estimate of drug-likeness (QED) is 0.767. The van der Waals surface area contributed by atoms with E-state index in [2.05, 4.69) is 28.7 Å². The number of rotatable bonds is 5. The van der Waals surface area contributed by atoms with Gasteiger partial charge in [0.25, 0.3) is 0 Å². The van der Waals surface area contributed by atoms with Crippen molar-refractivity contribution in [2.24, 2.45) is 0 Å². The van der Waals surface area contributed by atoms with Gasteiger partial charge in [0.15, 0.2) is 0 Å². The Labute approximate surface area is 84.6 Å². The highest BCUT2D eigenvalue weighted by atomic mass is 16.3. The maximum absolute atomic E-state index is 8.93. The molecule has 0 aromatic carbocycles. The van der Waals surface area contributed by atoms with Crippen LogP contribution in [0.3, 0.4) is 0 Å². The van der Waals surface area contributed by atoms with Crippen molar-refractivity contribution in [3.05, 3.63) is 18.1 Å². The van der Waals surface area contributed by atoms with Gasteiger partial charge in [-0.25, -0.2) is 4.98 Å². The molecule has 0 aliphatic carbocycles. The normalized spacial score (nSPS) is 10.2. The lowest BCUT2D eigenvalue weighted by atomic mass is 10.4. The van der Waals surface area contributed by atoms with Gasteiger partial charge in [-0.1, -0.05) is 6.92 Å². The summed E-state index contributed by atoms with van der Waals surface area (Å²) in [6.45, 7) is 6.05. The number of hydrogen-bond acceptors (Lipinski definition) is 4. The Kier molecular flexibility index (Phi) is 4.32. The molecule has 0 unspecified atom stereocenters. The smallest absolute Gasteiger partial charge is 0.147 e. The molecule has 0 amide bonds. The van der Waals surface area contributed by atoms with Gasteiger partial charge in [-0.15, -0.1) is 0 Å². The predicted molar refractivity (Wildman–Crippen MR) is 56.1 cm³/mol. The molecule has 0 saturated heterocycles. The first-order valence-electron chi connectivity index (χ1n) is 4.98. The van der Waals surface area contributed by atoms with E-state index in [-0.39, 0.29) is 6.61 Å². The number of aliphatic hydroxyl groups excluding tert-OH is 1. The van der Waals surface area contributed by atoms with Crippen LogP contribution < -0.4 is 4.90 Å². The molecule has 0 aliphatic heterocycles. The first-order chi connectivity index (χ1) is 6.81. The molecule has 0 bridgehead atoms. The van der Waals surface area contributed by atoms with E-state index in [0.717, 1.165) is 25.3 Å². The Morgan fingerprint density at radius 3 is 2.71 bits per heavy atom. The summed E-state index contributed by atoms with van der Waals surface area (Å²) in [7, 11) is 0. The van der Waals surface area contributed by atoms with Crippen LogP contribution in [-0.4, -0.2) is 28.2 Å². The monoisotopic (exact) mass is 195 g/mol. The van der Waals surface area contributed by atoms with Crippen molar-refractivity contribution >= 4 is 5.82 Å². The first-order valence-corrected chi connectivity index (χ1v) is 4.98. The molecular weight excluding hydrogens is 178 g/mol. The lowest BCUT2D eigenvalue weighted by Crippen LogP contribution is -2.24. The lowest BCUT2D eigenvalue weighted by molar-refractivity contribution is 0.276. The van der Waals surface area contributed by atoms with Crippen molar-refractivity contribution in [3.8, 4) is 0 Å². The molecule has 0 saturated carbocycles. The highest BCUT2D eigenvalue weighted by Crippen LogP contribution is 2.09. The molecule has 0 fully saturated rings. The zero-order valence-corrected chi connectivity index (χ0v) is 8.77. The SMILES string of the molecule is CCCN(CC)c1cncc(CO)n1. The van der Waals surface area contributed by atoms with Crippen LogP contribution in [0, 0.1) is 0 Å². The predicted octanol–water partition coefficient (Wildman–Crippen LogP) is 1.21. The molecule has 14 heavy (non-hydrogen) atoms. The Bertz CT molecular complexity index is 278. The summed E-state index contributed by atoms with van der Waals surface area (Å²) in [5.74, 6) is 0.848. The van der Waals surface area contributed by atoms with Crippen molar-refractivity contribution in [2.45, 2.75) is 26.9 Å². The molecule has 0 radical (unpaired) electrons. The first kappa shape index (κ1) is 10.9. The third-order valence-electron chi connectivity index (χ3n) is 2.03. The fourth-order valence-electron chi connectivity index (χ4n) is 1.33. The molecule has 4 heteroatoms. The number of anilines is 1. The summed E-state index contributed by atoms with van der Waals surface area (Å²) in [5, 5.41) is 8.93. The summed E-state index contributed by atoms with van der Waals surface area (Å²) in [5.41, 5.74) is 0.622. The molecule has 1 N–H and O–H groups in total. The van der Waals surface area contributed by atoms with Crippen molar-refractivity contribution in [2.75, 3.05) is 18.0 Å². The maximum atomic E-state index is 8.93. The largest absolute Gasteiger partial charge is 0.390 e. The Morgan fingerprint density at radius 1 is 1.36 bits per heavy atom. The number of aliphatic hydroxyl groups is 1. The van der Waals surface area contributed by atoms with Crippen LogP contribution in [0.2, 0.25) is 0 Å². The summed E-state index contributed by atoms with van der Waals surface area (Å²) in [6.07, 6.45) is 4.40. The highest BCUT2D eigenvalue weighted by Gasteiger charge is 2.05. The van der Waals surface area contributed by atoms with Crippen LogP contribution in [0.4, 0.5) is 5.82 Å². The van der Waals surface area contributed by atoms with Gasteiger partial charge in [-0.05, 0) is 13.3 Å². The second-order valence-electron chi connectivity index (χ2n) is 3.11. The van der Waals surface area contributed by atoms with Gasteiger partial charge in [0.2, 0.25) is 0 Å². The zero-order chi connectivity index (χ0) is 10.4. The minimum absolute atomic E-state index is 0.0511. The number of aromatic nitrogens is 2. The average Bonchev–Trinajstić information content (AvgIpc) is 2.26. The summed E-state index contributed by atoms with van der Waals surface area (Å²) in [4.78, 5) is 10.5. The van der Waals surface area contributed by atoms with Crippen LogP contribution in [0.1, 0.15) is 26.0 Å². The van der Waals surface area contributed by atoms with E-state index in [9.17, 15) is 0 Å². The molecular formula is C10H17N3O. The second-order valence-corrected chi connectivity index (χ2v) is 3.11. The average molecular weight is 195 g/mol. The van der Waals surface area contributed by atoms with Crippen LogP contribution >= 0.6 is 0 Å². The minimum Gasteiger partial charge on any atom is -0.390 e. The fraction of sp³-hybridized carbons (Fsp3) is 0.600. The van der Waals surface area contributed by atoms with Crippen molar-refractivity contribution < 1.29 is 5.11 Å². The topological polar surface area (TPSA) is 49.2 Å². The van der Waals surface area contributed by atoms with Gasteiger partial charge < -0.3 is 10.0 Å². The van der Waals surface area contributed by atoms with Gasteiger partial charge in [0.1, 0.15) is 5.82 Å². The van der Waals surface area contributed by atoms with Crippen molar-refractivity contribution in [1.82, 2.24) is 9.97 Å². The standard InChI is InChI=1S/C10H17N3O/c1-3-5-13(4-2)10-7-11-6-9(8-14)12-10/h6-7,14H,3-5,8H2,1-2H3. The molecule has 0 spiro atoms. The molecule has 0 atom stereocenters. The van der Waals surface area contributed by atoms with E-state index in [1.165, 1.54) is 0 Å². The molecule has 0 aliphatic rings. The number of nitrogens with zero attached hydrogens (tertiary/aromatic N) is 3. The lowest BCUT2D eigenvalue weighted by Gasteiger charge is -2.20. The van der Waals surface area contributed by atoms with Crippen LogP contribution in [0.5, 0.6) is 0 Å². The molecule has 4 nitrogen and oxygen atoms in total. The summed E-state index contributed by atoms with van der Waals surface area (Å²) in [6, 6.07) is 0.